The van der Waals surface area contributed by atoms with Crippen molar-refractivity contribution >= 4 is 21.7 Å². The molecule has 0 saturated carbocycles. The van der Waals surface area contributed by atoms with Gasteiger partial charge >= 0.3 is 0 Å². The van der Waals surface area contributed by atoms with Crippen molar-refractivity contribution in [1.82, 2.24) is 25.4 Å². The number of amides is 2. The Morgan fingerprint density at radius 1 is 1.14 bits per heavy atom. The monoisotopic (exact) mass is 505 g/mol. The topological polar surface area (TPSA) is 134 Å². The number of sulfone groups is 1. The van der Waals surface area contributed by atoms with E-state index < -0.39 is 15.7 Å². The van der Waals surface area contributed by atoms with Crippen molar-refractivity contribution in [3.8, 4) is 17.1 Å². The molecule has 2 bridgehead atoms. The van der Waals surface area contributed by atoms with Gasteiger partial charge < -0.3 is 15.0 Å². The average Bonchev–Trinajstić information content (AvgIpc) is 3.43. The van der Waals surface area contributed by atoms with Crippen LogP contribution < -0.4 is 10.1 Å². The zero-order valence-corrected chi connectivity index (χ0v) is 20.2. The molecule has 3 saturated heterocycles. The molecule has 10 nitrogen and oxygen atoms in total. The molecule has 12 heteroatoms. The Labute approximate surface area is 202 Å². The Kier molecular flexibility index (Phi) is 6.24. The lowest BCUT2D eigenvalue weighted by Gasteiger charge is -2.38. The van der Waals surface area contributed by atoms with E-state index in [1.54, 1.807) is 0 Å². The smallest absolute Gasteiger partial charge is 0.272 e. The van der Waals surface area contributed by atoms with Crippen LogP contribution in [0.3, 0.4) is 0 Å². The molecule has 2 aromatic heterocycles. The highest BCUT2D eigenvalue weighted by molar-refractivity contribution is 7.91. The van der Waals surface area contributed by atoms with Gasteiger partial charge in [-0.05, 0) is 44.6 Å². The van der Waals surface area contributed by atoms with Crippen LogP contribution in [0.15, 0.2) is 18.3 Å². The number of H-pyrrole nitrogens is 1. The highest BCUT2D eigenvalue weighted by atomic mass is 32.2. The van der Waals surface area contributed by atoms with Gasteiger partial charge in [-0.15, -0.1) is 0 Å². The van der Waals surface area contributed by atoms with Crippen LogP contribution in [0.1, 0.15) is 49.0 Å². The van der Waals surface area contributed by atoms with E-state index in [-0.39, 0.29) is 70.2 Å². The molecule has 0 spiro atoms. The second-order valence-corrected chi connectivity index (χ2v) is 11.9. The fourth-order valence-electron chi connectivity index (χ4n) is 5.51. The Morgan fingerprint density at radius 3 is 2.49 bits per heavy atom. The summed E-state index contributed by atoms with van der Waals surface area (Å²) in [5, 5.41) is 9.89. The minimum absolute atomic E-state index is 0.0516. The van der Waals surface area contributed by atoms with Gasteiger partial charge in [-0.1, -0.05) is 0 Å². The number of nitrogens with one attached hydrogen (secondary N) is 2. The maximum Gasteiger partial charge on any atom is 0.272 e. The third-order valence-corrected chi connectivity index (χ3v) is 9.08. The molecular weight excluding hydrogens is 477 g/mol. The van der Waals surface area contributed by atoms with Crippen molar-refractivity contribution in [2.45, 2.75) is 56.7 Å². The summed E-state index contributed by atoms with van der Waals surface area (Å²) in [5.41, 5.74) is 0.724. The molecule has 2 atom stereocenters. The van der Waals surface area contributed by atoms with Gasteiger partial charge in [-0.25, -0.2) is 17.8 Å². The number of ether oxygens (including phenoxy) is 1. The van der Waals surface area contributed by atoms with Gasteiger partial charge in [0, 0.05) is 35.7 Å². The number of methoxy groups -OCH3 is 1. The van der Waals surface area contributed by atoms with E-state index in [1.807, 2.05) is 4.90 Å². The molecule has 0 radical (unpaired) electrons. The lowest BCUT2D eigenvalue weighted by atomic mass is 9.89. The van der Waals surface area contributed by atoms with Crippen LogP contribution in [0.4, 0.5) is 4.39 Å². The van der Waals surface area contributed by atoms with Crippen molar-refractivity contribution in [2.24, 2.45) is 5.92 Å². The first-order valence-electron chi connectivity index (χ1n) is 11.8. The number of fused-ring (bicyclic) bond motifs is 2. The second kappa shape index (κ2) is 9.21. The first-order chi connectivity index (χ1) is 16.7. The molecule has 3 aliphatic rings. The van der Waals surface area contributed by atoms with Crippen LogP contribution in [-0.2, 0) is 14.6 Å². The van der Waals surface area contributed by atoms with E-state index in [0.29, 0.717) is 25.7 Å². The van der Waals surface area contributed by atoms with E-state index in [9.17, 15) is 22.4 Å². The van der Waals surface area contributed by atoms with Crippen LogP contribution in [0.5, 0.6) is 5.88 Å². The lowest BCUT2D eigenvalue weighted by molar-refractivity contribution is -0.127. The number of hydrogen-bond donors (Lipinski definition) is 2. The number of rotatable bonds is 5. The Bertz CT molecular complexity index is 1220. The standard InChI is InChI=1S/C23H28FN5O5S/c1-34-21-10-17(18(24)12-25-21)19-11-20(28-27-19)23(31)29-15-2-3-16(29)9-13(8-15)22(30)26-14-4-6-35(32,33)7-5-14/h10-16H,2-9H2,1H3,(H,26,30)(H,27,28). The predicted molar refractivity (Wildman–Crippen MR) is 124 cm³/mol. The summed E-state index contributed by atoms with van der Waals surface area (Å²) in [4.78, 5) is 31.9. The first-order valence-corrected chi connectivity index (χ1v) is 13.6. The molecule has 0 aliphatic carbocycles. The summed E-state index contributed by atoms with van der Waals surface area (Å²) in [7, 11) is -1.55. The fraction of sp³-hybridized carbons (Fsp3) is 0.565. The molecule has 2 amide bonds. The Hall–Kier alpha value is -3.02. The number of carbonyl (C=O) groups excluding carboxylic acids is 2. The van der Waals surface area contributed by atoms with Gasteiger partial charge in [0.25, 0.3) is 5.91 Å². The van der Waals surface area contributed by atoms with E-state index in [4.69, 9.17) is 4.74 Å². The van der Waals surface area contributed by atoms with Gasteiger partial charge in [0.1, 0.15) is 15.5 Å². The minimum atomic E-state index is -2.98. The van der Waals surface area contributed by atoms with Gasteiger partial charge in [-0.2, -0.15) is 5.10 Å². The quantitative estimate of drug-likeness (QED) is 0.632. The second-order valence-electron chi connectivity index (χ2n) is 9.57. The maximum absolute atomic E-state index is 14.3. The molecule has 188 valence electrons. The summed E-state index contributed by atoms with van der Waals surface area (Å²) in [5.74, 6) is -0.579. The van der Waals surface area contributed by atoms with Crippen molar-refractivity contribution in [3.05, 3.63) is 29.8 Å². The van der Waals surface area contributed by atoms with Gasteiger partial charge in [0.2, 0.25) is 11.8 Å². The molecule has 3 aliphatic heterocycles. The summed E-state index contributed by atoms with van der Waals surface area (Å²) in [6, 6.07) is 2.71. The number of halogens is 1. The summed E-state index contributed by atoms with van der Waals surface area (Å²) < 4.78 is 42.6. The molecule has 3 fully saturated rings. The van der Waals surface area contributed by atoms with Crippen molar-refractivity contribution in [3.63, 3.8) is 0 Å². The lowest BCUT2D eigenvalue weighted by Crippen LogP contribution is -2.51. The Balaban J connectivity index is 1.24. The first kappa shape index (κ1) is 23.7. The molecule has 35 heavy (non-hydrogen) atoms. The van der Waals surface area contributed by atoms with E-state index in [0.717, 1.165) is 19.0 Å². The summed E-state index contributed by atoms with van der Waals surface area (Å²) in [6.45, 7) is 0. The molecule has 5 rings (SSSR count). The van der Waals surface area contributed by atoms with Gasteiger partial charge in [-0.3, -0.25) is 14.7 Å². The van der Waals surface area contributed by atoms with E-state index in [2.05, 4.69) is 20.5 Å². The molecule has 2 aromatic rings. The number of nitrogens with zero attached hydrogens (tertiary/aromatic N) is 3. The molecule has 0 aromatic carbocycles. The zero-order chi connectivity index (χ0) is 24.7. The molecule has 2 N–H and O–H groups in total. The number of piperidine rings is 1. The fourth-order valence-corrected chi connectivity index (χ4v) is 7.00. The van der Waals surface area contributed by atoms with Crippen LogP contribution >= 0.6 is 0 Å². The van der Waals surface area contributed by atoms with Gasteiger partial charge in [0.05, 0.1) is 30.5 Å². The molecular formula is C23H28FN5O5S. The number of pyridine rings is 1. The van der Waals surface area contributed by atoms with Crippen molar-refractivity contribution in [2.75, 3.05) is 18.6 Å². The predicted octanol–water partition coefficient (Wildman–Crippen LogP) is 1.70. The van der Waals surface area contributed by atoms with Crippen LogP contribution in [0.25, 0.3) is 11.3 Å². The number of aromatic amines is 1. The summed E-state index contributed by atoms with van der Waals surface area (Å²) >= 11 is 0. The Morgan fingerprint density at radius 2 is 1.83 bits per heavy atom. The van der Waals surface area contributed by atoms with E-state index >= 15 is 0 Å². The largest absolute Gasteiger partial charge is 0.481 e. The molecule has 2 unspecified atom stereocenters. The molecule has 5 heterocycles. The maximum atomic E-state index is 14.3. The number of hydrogen-bond acceptors (Lipinski definition) is 7. The SMILES string of the molecule is COc1cc(-c2cc(C(=O)N3C4CCC3CC(C(=O)NC3CCS(=O)(=O)CC3)C4)[nH]n2)c(F)cn1. The zero-order valence-electron chi connectivity index (χ0n) is 19.4. The van der Waals surface area contributed by atoms with Crippen LogP contribution in [0, 0.1) is 11.7 Å². The number of carbonyl (C=O) groups is 2. The average molecular weight is 506 g/mol. The van der Waals surface area contributed by atoms with Crippen LogP contribution in [0.2, 0.25) is 0 Å². The van der Waals surface area contributed by atoms with E-state index in [1.165, 1.54) is 19.2 Å². The van der Waals surface area contributed by atoms with Crippen molar-refractivity contribution in [1.29, 1.82) is 0 Å². The van der Waals surface area contributed by atoms with Gasteiger partial charge in [0.15, 0.2) is 5.82 Å². The highest BCUT2D eigenvalue weighted by Crippen LogP contribution is 2.40. The van der Waals surface area contributed by atoms with Crippen LogP contribution in [-0.4, -0.2) is 77.1 Å². The normalized spacial score (nSPS) is 25.9. The summed E-state index contributed by atoms with van der Waals surface area (Å²) in [6.07, 6.45) is 4.71. The number of aromatic nitrogens is 3. The highest BCUT2D eigenvalue weighted by Gasteiger charge is 2.46. The third kappa shape index (κ3) is 4.75. The minimum Gasteiger partial charge on any atom is -0.481 e. The third-order valence-electron chi connectivity index (χ3n) is 7.36. The van der Waals surface area contributed by atoms with Crippen molar-refractivity contribution < 1.29 is 27.1 Å².